The van der Waals surface area contributed by atoms with Crippen molar-refractivity contribution in [1.82, 2.24) is 0 Å². The highest BCUT2D eigenvalue weighted by atomic mass is 31.3. The van der Waals surface area contributed by atoms with E-state index in [1.54, 1.807) is 6.08 Å². The first-order valence-corrected chi connectivity index (χ1v) is 18.8. The van der Waals surface area contributed by atoms with Gasteiger partial charge in [0.15, 0.2) is 0 Å². The molecule has 0 aromatic heterocycles. The van der Waals surface area contributed by atoms with E-state index in [-0.39, 0.29) is 6.61 Å². The molecule has 0 aliphatic rings. The molecule has 0 spiro atoms. The fourth-order valence-electron chi connectivity index (χ4n) is 4.36. The van der Waals surface area contributed by atoms with Crippen molar-refractivity contribution in [2.45, 2.75) is 132 Å². The van der Waals surface area contributed by atoms with E-state index < -0.39 is 15.6 Å². The Kier molecular flexibility index (Phi) is 22.9. The maximum atomic E-state index is 11.4. The average Bonchev–Trinajstić information content (AvgIpc) is 2.87. The third-order valence-corrected chi connectivity index (χ3v) is 9.28. The molecular weight excluding hydrogens is 594 g/mol. The van der Waals surface area contributed by atoms with Crippen LogP contribution in [0.5, 0.6) is 0 Å². The summed E-state index contributed by atoms with van der Waals surface area (Å²) in [5, 5.41) is 0. The number of hydrogen-bond acceptors (Lipinski definition) is 4. The zero-order valence-electron chi connectivity index (χ0n) is 28.6. The molecule has 3 N–H and O–H groups in total. The Bertz CT molecular complexity index is 1160. The Labute approximate surface area is 268 Å². The lowest BCUT2D eigenvalue weighted by molar-refractivity contribution is 0.191. The van der Waals surface area contributed by atoms with E-state index in [1.807, 2.05) is 6.92 Å². The highest BCUT2D eigenvalue weighted by Crippen LogP contribution is 2.57. The van der Waals surface area contributed by atoms with E-state index in [0.717, 1.165) is 82.6 Å². The van der Waals surface area contributed by atoms with E-state index in [1.165, 1.54) is 33.4 Å². The molecule has 0 aliphatic heterocycles. The molecule has 9 heteroatoms. The Morgan fingerprint density at radius 2 is 0.750 bits per heavy atom. The first-order valence-electron chi connectivity index (χ1n) is 15.8. The van der Waals surface area contributed by atoms with E-state index in [9.17, 15) is 14.0 Å². The quantitative estimate of drug-likeness (QED) is 0.0742. The molecule has 0 rings (SSSR count). The average molecular weight is 655 g/mol. The van der Waals surface area contributed by atoms with Crippen LogP contribution in [0.1, 0.15) is 132 Å². The van der Waals surface area contributed by atoms with Crippen LogP contribution in [0.15, 0.2) is 81.5 Å². The molecule has 0 saturated heterocycles. The molecule has 1 atom stereocenters. The summed E-state index contributed by atoms with van der Waals surface area (Å²) in [6, 6.07) is 0. The van der Waals surface area contributed by atoms with E-state index in [2.05, 4.69) is 93.8 Å². The van der Waals surface area contributed by atoms with Crippen LogP contribution in [0.25, 0.3) is 0 Å². The first-order chi connectivity index (χ1) is 20.5. The van der Waals surface area contributed by atoms with Gasteiger partial charge in [-0.2, -0.15) is 4.31 Å². The molecule has 0 radical (unpaired) electrons. The second-order valence-corrected chi connectivity index (χ2v) is 15.0. The van der Waals surface area contributed by atoms with E-state index >= 15 is 0 Å². The third-order valence-electron chi connectivity index (χ3n) is 7.13. The molecule has 7 nitrogen and oxygen atoms in total. The van der Waals surface area contributed by atoms with Gasteiger partial charge in [0.2, 0.25) is 0 Å². The normalized spacial score (nSPS) is 15.9. The molecule has 44 heavy (non-hydrogen) atoms. The molecule has 0 heterocycles. The van der Waals surface area contributed by atoms with Crippen molar-refractivity contribution in [3.05, 3.63) is 81.5 Å². The number of phosphoric ester groups is 1. The van der Waals surface area contributed by atoms with Crippen LogP contribution in [0, 0.1) is 0 Å². The lowest BCUT2D eigenvalue weighted by Gasteiger charge is -2.11. The van der Waals surface area contributed by atoms with Gasteiger partial charge in [-0.15, -0.1) is 0 Å². The van der Waals surface area contributed by atoms with Gasteiger partial charge >= 0.3 is 15.6 Å². The van der Waals surface area contributed by atoms with Crippen molar-refractivity contribution < 1.29 is 32.6 Å². The van der Waals surface area contributed by atoms with Crippen molar-refractivity contribution in [3.63, 3.8) is 0 Å². The third kappa shape index (κ3) is 28.0. The minimum atomic E-state index is -5.10. The summed E-state index contributed by atoms with van der Waals surface area (Å²) in [5.41, 5.74) is 9.52. The summed E-state index contributed by atoms with van der Waals surface area (Å²) in [4.78, 5) is 26.5. The van der Waals surface area contributed by atoms with Crippen molar-refractivity contribution in [3.8, 4) is 0 Å². The van der Waals surface area contributed by atoms with Crippen LogP contribution >= 0.6 is 15.6 Å². The second-order valence-electron chi connectivity index (χ2n) is 12.2. The van der Waals surface area contributed by atoms with Crippen molar-refractivity contribution in [2.24, 2.45) is 0 Å². The number of hydrogen-bond donors (Lipinski definition) is 3. The highest BCUT2D eigenvalue weighted by Gasteiger charge is 2.31. The van der Waals surface area contributed by atoms with Gasteiger partial charge in [0.05, 0.1) is 6.61 Å². The zero-order valence-corrected chi connectivity index (χ0v) is 30.4. The molecule has 1 unspecified atom stereocenters. The summed E-state index contributed by atoms with van der Waals surface area (Å²) in [6.45, 7) is 17.0. The molecule has 0 aromatic carbocycles. The Morgan fingerprint density at radius 1 is 0.477 bits per heavy atom. The van der Waals surface area contributed by atoms with Crippen LogP contribution in [0.3, 0.4) is 0 Å². The van der Waals surface area contributed by atoms with Crippen LogP contribution in [-0.4, -0.2) is 21.3 Å². The van der Waals surface area contributed by atoms with Crippen LogP contribution in [0.4, 0.5) is 0 Å². The predicted octanol–water partition coefficient (Wildman–Crippen LogP) is 11.5. The van der Waals surface area contributed by atoms with Gasteiger partial charge < -0.3 is 14.7 Å². The molecule has 252 valence electrons. The number of allylic oxidation sites excluding steroid dienone is 13. The summed E-state index contributed by atoms with van der Waals surface area (Å²) < 4.78 is 30.4. The van der Waals surface area contributed by atoms with Crippen molar-refractivity contribution in [2.75, 3.05) is 6.61 Å². The van der Waals surface area contributed by atoms with Crippen molar-refractivity contribution >= 4 is 15.6 Å². The summed E-state index contributed by atoms with van der Waals surface area (Å²) in [7, 11) is -9.89. The topological polar surface area (TPSA) is 113 Å². The molecule has 0 fully saturated rings. The van der Waals surface area contributed by atoms with Crippen LogP contribution in [0.2, 0.25) is 0 Å². The lowest BCUT2D eigenvalue weighted by atomic mass is 10.0. The van der Waals surface area contributed by atoms with E-state index in [0.29, 0.717) is 0 Å². The maximum absolute atomic E-state index is 11.4. The minimum absolute atomic E-state index is 0.271. The first kappa shape index (κ1) is 42.4. The summed E-state index contributed by atoms with van der Waals surface area (Å²) in [6.07, 6.45) is 28.2. The standard InChI is InChI=1S/C35H60O7P2/c1-29(2)15-9-16-30(3)17-10-18-31(4)19-11-20-32(5)21-12-22-33(6)23-13-24-34(7)25-14-26-35(8)27-28-41-44(39,40)42-43(36,37)38/h15,17,19,21,23,25,27H,9-14,16,18,20,22,24,26,28H2,1-8H3,(H,39,40)(H2,36,37,38)/b30-17-,31-19+,32-21+,33-23+,34-25-,35-27+. The maximum Gasteiger partial charge on any atom is 0.481 e. The Hall–Kier alpha value is -1.56. The smallest absolute Gasteiger partial charge is 0.302 e. The summed E-state index contributed by atoms with van der Waals surface area (Å²) in [5.74, 6) is 0. The van der Waals surface area contributed by atoms with Gasteiger partial charge in [0.25, 0.3) is 0 Å². The molecule has 0 amide bonds. The minimum Gasteiger partial charge on any atom is -0.302 e. The largest absolute Gasteiger partial charge is 0.481 e. The monoisotopic (exact) mass is 654 g/mol. The Balaban J connectivity index is 4.26. The van der Waals surface area contributed by atoms with Gasteiger partial charge in [-0.05, 0) is 132 Å². The highest BCUT2D eigenvalue weighted by molar-refractivity contribution is 7.60. The van der Waals surface area contributed by atoms with Gasteiger partial charge in [0, 0.05) is 0 Å². The van der Waals surface area contributed by atoms with Gasteiger partial charge in [0.1, 0.15) is 0 Å². The number of phosphoric acid groups is 2. The van der Waals surface area contributed by atoms with Gasteiger partial charge in [-0.1, -0.05) is 81.5 Å². The summed E-state index contributed by atoms with van der Waals surface area (Å²) >= 11 is 0. The lowest BCUT2D eigenvalue weighted by Crippen LogP contribution is -1.94. The fraction of sp³-hybridized carbons (Fsp3) is 0.600. The van der Waals surface area contributed by atoms with Crippen molar-refractivity contribution in [1.29, 1.82) is 0 Å². The molecule has 0 saturated carbocycles. The number of rotatable bonds is 23. The molecule has 0 bridgehead atoms. The zero-order chi connectivity index (χ0) is 33.6. The van der Waals surface area contributed by atoms with Gasteiger partial charge in [-0.3, -0.25) is 4.52 Å². The molecular formula is C35H60O7P2. The van der Waals surface area contributed by atoms with Crippen LogP contribution < -0.4 is 0 Å². The SMILES string of the molecule is CC(C)=CCC/C(C)=C\CC/C(C)=C/CC/C(C)=C/CC/C(C)=C/CC/C(C)=C\CC/C(C)=C/COP(=O)(O)OP(=O)(O)O. The second kappa shape index (κ2) is 23.7. The molecule has 0 aliphatic carbocycles. The Morgan fingerprint density at radius 3 is 1.02 bits per heavy atom. The van der Waals surface area contributed by atoms with E-state index in [4.69, 9.17) is 9.79 Å². The fourth-order valence-corrected chi connectivity index (χ4v) is 5.89. The predicted molar refractivity (Wildman–Crippen MR) is 186 cm³/mol. The molecule has 0 aromatic rings. The van der Waals surface area contributed by atoms with Gasteiger partial charge in [-0.25, -0.2) is 9.13 Å². The van der Waals surface area contributed by atoms with Crippen LogP contribution in [-0.2, 0) is 18.0 Å².